The third-order valence-corrected chi connectivity index (χ3v) is 6.27. The highest BCUT2D eigenvalue weighted by molar-refractivity contribution is 6.31. The van der Waals surface area contributed by atoms with Crippen molar-refractivity contribution in [3.8, 4) is 0 Å². The van der Waals surface area contributed by atoms with Crippen molar-refractivity contribution in [2.45, 2.75) is 31.6 Å². The second-order valence-electron chi connectivity index (χ2n) is 7.87. The summed E-state index contributed by atoms with van der Waals surface area (Å²) >= 11 is 6.50. The molecule has 0 saturated heterocycles. The number of amides is 2. The zero-order valence-corrected chi connectivity index (χ0v) is 17.5. The van der Waals surface area contributed by atoms with E-state index in [1.54, 1.807) is 0 Å². The molecule has 0 bridgehead atoms. The average molecular weight is 424 g/mol. The van der Waals surface area contributed by atoms with Gasteiger partial charge in [-0.1, -0.05) is 60.8 Å². The van der Waals surface area contributed by atoms with Crippen molar-refractivity contribution in [3.05, 3.63) is 70.9 Å². The molecule has 2 aromatic carbocycles. The fraction of sp³-hybridized carbons (Fsp3) is 0.333. The number of carbonyl (C=O) groups excluding carboxylic acids is 2. The van der Waals surface area contributed by atoms with E-state index in [4.69, 9.17) is 11.6 Å². The number of fused-ring (bicyclic) bond motifs is 1. The van der Waals surface area contributed by atoms with E-state index >= 15 is 0 Å². The molecular weight excluding hydrogens is 398 g/mol. The molecule has 6 heteroatoms. The van der Waals surface area contributed by atoms with E-state index in [1.807, 2.05) is 48.7 Å². The lowest BCUT2D eigenvalue weighted by Crippen LogP contribution is -2.40. The third kappa shape index (κ3) is 4.51. The number of hydrogen-bond acceptors (Lipinski definition) is 2. The summed E-state index contributed by atoms with van der Waals surface area (Å²) in [5.41, 5.74) is 3.08. The van der Waals surface area contributed by atoms with Crippen LogP contribution in [0.1, 0.15) is 42.7 Å². The molecule has 1 atom stereocenters. The number of H-pyrrole nitrogens is 1. The van der Waals surface area contributed by atoms with Gasteiger partial charge >= 0.3 is 0 Å². The Labute approximate surface area is 181 Å². The van der Waals surface area contributed by atoms with E-state index in [0.717, 1.165) is 47.7 Å². The van der Waals surface area contributed by atoms with E-state index in [9.17, 15) is 9.59 Å². The van der Waals surface area contributed by atoms with Gasteiger partial charge in [-0.15, -0.1) is 0 Å². The average Bonchev–Trinajstić information content (AvgIpc) is 3.44. The Morgan fingerprint density at radius 3 is 2.53 bits per heavy atom. The molecule has 1 unspecified atom stereocenters. The zero-order chi connectivity index (χ0) is 20.9. The Bertz CT molecular complexity index is 1040. The summed E-state index contributed by atoms with van der Waals surface area (Å²) in [6, 6.07) is 15.8. The van der Waals surface area contributed by atoms with Gasteiger partial charge in [0.25, 0.3) is 0 Å². The normalized spacial score (nSPS) is 15.2. The van der Waals surface area contributed by atoms with Crippen molar-refractivity contribution >= 4 is 34.3 Å². The molecule has 2 amide bonds. The second-order valence-corrected chi connectivity index (χ2v) is 8.27. The van der Waals surface area contributed by atoms with Crippen LogP contribution in [-0.2, 0) is 9.59 Å². The van der Waals surface area contributed by atoms with Gasteiger partial charge in [0.05, 0.1) is 6.54 Å². The van der Waals surface area contributed by atoms with Gasteiger partial charge in [-0.2, -0.15) is 0 Å². The van der Waals surface area contributed by atoms with Gasteiger partial charge < -0.3 is 15.6 Å². The smallest absolute Gasteiger partial charge is 0.239 e. The van der Waals surface area contributed by atoms with Crippen molar-refractivity contribution < 1.29 is 9.59 Å². The van der Waals surface area contributed by atoms with Gasteiger partial charge in [0.2, 0.25) is 11.8 Å². The SMILES string of the molecule is O=C(CNC(=O)C1CCCC1)NCC(c1ccccc1Cl)c1c[nH]c2ccccc12. The van der Waals surface area contributed by atoms with E-state index < -0.39 is 0 Å². The van der Waals surface area contributed by atoms with Crippen molar-refractivity contribution in [1.29, 1.82) is 0 Å². The Hall–Kier alpha value is -2.79. The summed E-state index contributed by atoms with van der Waals surface area (Å²) in [6.45, 7) is 0.391. The van der Waals surface area contributed by atoms with Crippen molar-refractivity contribution in [2.75, 3.05) is 13.1 Å². The van der Waals surface area contributed by atoms with Crippen LogP contribution >= 0.6 is 11.6 Å². The predicted molar refractivity (Wildman–Crippen MR) is 120 cm³/mol. The van der Waals surface area contributed by atoms with Crippen molar-refractivity contribution in [1.82, 2.24) is 15.6 Å². The van der Waals surface area contributed by atoms with Gasteiger partial charge in [-0.05, 0) is 36.1 Å². The predicted octanol–water partition coefficient (Wildman–Crippen LogP) is 4.38. The minimum absolute atomic E-state index is 0.00153. The first-order valence-corrected chi connectivity index (χ1v) is 10.9. The molecule has 3 N–H and O–H groups in total. The number of para-hydroxylation sites is 1. The largest absolute Gasteiger partial charge is 0.361 e. The lowest BCUT2D eigenvalue weighted by molar-refractivity contribution is -0.128. The van der Waals surface area contributed by atoms with Crippen LogP contribution in [0.25, 0.3) is 10.9 Å². The second kappa shape index (κ2) is 9.35. The van der Waals surface area contributed by atoms with Crippen molar-refractivity contribution in [2.24, 2.45) is 5.92 Å². The Morgan fingerprint density at radius 2 is 1.73 bits per heavy atom. The summed E-state index contributed by atoms with van der Waals surface area (Å²) in [7, 11) is 0. The summed E-state index contributed by atoms with van der Waals surface area (Å²) in [4.78, 5) is 27.9. The first-order chi connectivity index (χ1) is 14.6. The molecule has 1 saturated carbocycles. The number of nitrogens with one attached hydrogen (secondary N) is 3. The molecule has 1 aromatic heterocycles. The summed E-state index contributed by atoms with van der Waals surface area (Å²) in [5.74, 6) is -0.260. The molecule has 156 valence electrons. The highest BCUT2D eigenvalue weighted by atomic mass is 35.5. The van der Waals surface area contributed by atoms with Crippen LogP contribution in [0.2, 0.25) is 5.02 Å². The molecule has 1 fully saturated rings. The van der Waals surface area contributed by atoms with Crippen LogP contribution in [0.15, 0.2) is 54.7 Å². The van der Waals surface area contributed by atoms with Crippen LogP contribution in [0, 0.1) is 5.92 Å². The maximum absolute atomic E-state index is 12.4. The van der Waals surface area contributed by atoms with Gasteiger partial charge in [0.15, 0.2) is 0 Å². The molecule has 0 radical (unpaired) electrons. The first-order valence-electron chi connectivity index (χ1n) is 10.5. The van der Waals surface area contributed by atoms with Gasteiger partial charge in [0.1, 0.15) is 0 Å². The fourth-order valence-corrected chi connectivity index (χ4v) is 4.57. The third-order valence-electron chi connectivity index (χ3n) is 5.93. The van der Waals surface area contributed by atoms with E-state index in [0.29, 0.717) is 11.6 Å². The lowest BCUT2D eigenvalue weighted by Gasteiger charge is -2.20. The molecule has 0 spiro atoms. The fourth-order valence-electron chi connectivity index (χ4n) is 4.31. The number of benzene rings is 2. The maximum Gasteiger partial charge on any atom is 0.239 e. The monoisotopic (exact) mass is 423 g/mol. The van der Waals surface area contributed by atoms with Crippen LogP contribution in [0.4, 0.5) is 0 Å². The zero-order valence-electron chi connectivity index (χ0n) is 16.8. The Morgan fingerprint density at radius 1 is 1.00 bits per heavy atom. The van der Waals surface area contributed by atoms with Crippen LogP contribution in [0.5, 0.6) is 0 Å². The number of hydrogen-bond donors (Lipinski definition) is 3. The molecule has 1 aliphatic carbocycles. The van der Waals surface area contributed by atoms with Gasteiger partial charge in [-0.3, -0.25) is 9.59 Å². The van der Waals surface area contributed by atoms with E-state index in [1.165, 1.54) is 0 Å². The minimum Gasteiger partial charge on any atom is -0.361 e. The lowest BCUT2D eigenvalue weighted by atomic mass is 9.90. The highest BCUT2D eigenvalue weighted by Gasteiger charge is 2.24. The van der Waals surface area contributed by atoms with Gasteiger partial charge in [-0.25, -0.2) is 0 Å². The Kier molecular flexibility index (Phi) is 6.38. The molecule has 3 aromatic rings. The van der Waals surface area contributed by atoms with Crippen LogP contribution < -0.4 is 10.6 Å². The number of aromatic amines is 1. The standard InChI is InChI=1S/C24H26ClN3O2/c25-21-11-5-3-9-17(21)19(20-13-26-22-12-6-4-10-18(20)22)14-27-23(29)15-28-24(30)16-7-1-2-8-16/h3-6,9-13,16,19,26H,1-2,7-8,14-15H2,(H,27,29)(H,28,30). The molecule has 1 heterocycles. The molecule has 30 heavy (non-hydrogen) atoms. The first kappa shape index (κ1) is 20.5. The summed E-state index contributed by atoms with van der Waals surface area (Å²) in [5, 5.41) is 7.53. The number of rotatable bonds is 7. The topological polar surface area (TPSA) is 74.0 Å². The molecular formula is C24H26ClN3O2. The summed E-state index contributed by atoms with van der Waals surface area (Å²) in [6.07, 6.45) is 6.00. The molecule has 5 nitrogen and oxygen atoms in total. The molecule has 4 rings (SSSR count). The number of carbonyl (C=O) groups is 2. The van der Waals surface area contributed by atoms with Crippen LogP contribution in [-0.4, -0.2) is 29.9 Å². The maximum atomic E-state index is 12.4. The highest BCUT2D eigenvalue weighted by Crippen LogP contribution is 2.34. The van der Waals surface area contributed by atoms with Crippen LogP contribution in [0.3, 0.4) is 0 Å². The molecule has 1 aliphatic rings. The van der Waals surface area contributed by atoms with E-state index in [-0.39, 0.29) is 30.2 Å². The van der Waals surface area contributed by atoms with Gasteiger partial charge in [0, 0.05) is 40.5 Å². The van der Waals surface area contributed by atoms with E-state index in [2.05, 4.69) is 21.7 Å². The number of halogens is 1. The number of aromatic nitrogens is 1. The molecule has 0 aliphatic heterocycles. The Balaban J connectivity index is 1.47. The quantitative estimate of drug-likeness (QED) is 0.527. The minimum atomic E-state index is -0.196. The van der Waals surface area contributed by atoms with Crippen molar-refractivity contribution in [3.63, 3.8) is 0 Å². The summed E-state index contributed by atoms with van der Waals surface area (Å²) < 4.78 is 0.